The van der Waals surface area contributed by atoms with E-state index in [4.69, 9.17) is 4.74 Å². The van der Waals surface area contributed by atoms with Crippen molar-refractivity contribution in [3.8, 4) is 6.07 Å². The number of amides is 4. The van der Waals surface area contributed by atoms with E-state index in [-0.39, 0.29) is 37.9 Å². The molecule has 4 rings (SSSR count). The molecule has 0 aliphatic carbocycles. The molecular weight excluding hydrogens is 396 g/mol. The molecule has 4 amide bonds. The molecule has 0 unspecified atom stereocenters. The van der Waals surface area contributed by atoms with Gasteiger partial charge in [-0.05, 0) is 37.1 Å². The van der Waals surface area contributed by atoms with Crippen LogP contribution >= 0.6 is 0 Å². The Hall–Kier alpha value is -3.86. The molecule has 8 heteroatoms. The Morgan fingerprint density at radius 1 is 1.23 bits per heavy atom. The number of nitrogens with one attached hydrogen (secondary N) is 1. The van der Waals surface area contributed by atoms with Crippen LogP contribution < -0.4 is 10.2 Å². The van der Waals surface area contributed by atoms with Crippen molar-refractivity contribution >= 4 is 23.7 Å². The average Bonchev–Trinajstić information content (AvgIpc) is 3.01. The summed E-state index contributed by atoms with van der Waals surface area (Å²) in [5.74, 6) is -0.385. The molecule has 2 fully saturated rings. The van der Waals surface area contributed by atoms with Gasteiger partial charge in [-0.25, -0.2) is 9.59 Å². The third kappa shape index (κ3) is 3.70. The van der Waals surface area contributed by atoms with Gasteiger partial charge >= 0.3 is 12.1 Å². The predicted molar refractivity (Wildman–Crippen MR) is 112 cm³/mol. The Morgan fingerprint density at radius 3 is 2.71 bits per heavy atom. The molecule has 1 N–H and O–H groups in total. The highest BCUT2D eigenvalue weighted by Gasteiger charge is 2.56. The fraction of sp³-hybridized carbons (Fsp3) is 0.304. The number of hydrogen-bond acceptors (Lipinski definition) is 5. The lowest BCUT2D eigenvalue weighted by molar-refractivity contribution is -0.125. The molecule has 2 aliphatic rings. The van der Waals surface area contributed by atoms with E-state index in [0.717, 1.165) is 5.56 Å². The van der Waals surface area contributed by atoms with Crippen LogP contribution in [0.5, 0.6) is 0 Å². The second kappa shape index (κ2) is 8.11. The second-order valence-corrected chi connectivity index (χ2v) is 7.83. The number of urea groups is 1. The van der Waals surface area contributed by atoms with Crippen molar-refractivity contribution in [2.75, 3.05) is 11.4 Å². The van der Waals surface area contributed by atoms with Gasteiger partial charge in [0.25, 0.3) is 5.91 Å². The fourth-order valence-corrected chi connectivity index (χ4v) is 4.35. The van der Waals surface area contributed by atoms with Gasteiger partial charge in [-0.1, -0.05) is 36.4 Å². The molecule has 0 saturated carbocycles. The van der Waals surface area contributed by atoms with Crippen LogP contribution in [-0.4, -0.2) is 41.1 Å². The van der Waals surface area contributed by atoms with Gasteiger partial charge in [0.15, 0.2) is 0 Å². The van der Waals surface area contributed by atoms with Crippen LogP contribution in [0.3, 0.4) is 0 Å². The highest BCUT2D eigenvalue weighted by molar-refractivity contribution is 6.17. The molecule has 2 atom stereocenters. The summed E-state index contributed by atoms with van der Waals surface area (Å²) >= 11 is 0. The molecule has 0 radical (unpaired) electrons. The van der Waals surface area contributed by atoms with Crippen molar-refractivity contribution in [3.63, 3.8) is 0 Å². The first-order valence-electron chi connectivity index (χ1n) is 10.1. The fourth-order valence-electron chi connectivity index (χ4n) is 4.35. The van der Waals surface area contributed by atoms with E-state index in [1.54, 1.807) is 29.2 Å². The lowest BCUT2D eigenvalue weighted by Gasteiger charge is -2.45. The van der Waals surface area contributed by atoms with Crippen molar-refractivity contribution in [1.29, 1.82) is 5.26 Å². The standard InChI is InChI=1S/C23H22N4O4/c1-16-13-23(10-11-26(16)22(30)31-15-17-6-3-2-4-7-17)20(28)25-21(29)27(23)19-9-5-8-18(12-19)14-24/h2-9,12,16H,10-11,13,15H2,1H3,(H,25,28,29)/t16-,23+/m0/s1. The van der Waals surface area contributed by atoms with Crippen LogP contribution in [0.25, 0.3) is 0 Å². The molecule has 2 aromatic rings. The Morgan fingerprint density at radius 2 is 2.00 bits per heavy atom. The summed E-state index contributed by atoms with van der Waals surface area (Å²) in [4.78, 5) is 41.2. The number of carbonyl (C=O) groups is 3. The topological polar surface area (TPSA) is 103 Å². The molecule has 0 aromatic heterocycles. The zero-order chi connectivity index (χ0) is 22.0. The maximum atomic E-state index is 12.9. The summed E-state index contributed by atoms with van der Waals surface area (Å²) in [6.45, 7) is 2.27. The third-order valence-electron chi connectivity index (χ3n) is 5.88. The predicted octanol–water partition coefficient (Wildman–Crippen LogP) is 3.17. The molecule has 31 heavy (non-hydrogen) atoms. The molecule has 0 bridgehead atoms. The number of carbonyl (C=O) groups excluding carboxylic acids is 3. The van der Waals surface area contributed by atoms with Crippen molar-refractivity contribution in [2.45, 2.75) is 38.0 Å². The number of nitriles is 1. The average molecular weight is 418 g/mol. The van der Waals surface area contributed by atoms with Crippen molar-refractivity contribution in [2.24, 2.45) is 0 Å². The first-order chi connectivity index (χ1) is 14.9. The molecule has 2 heterocycles. The molecule has 1 spiro atoms. The Balaban J connectivity index is 1.52. The Bertz CT molecular complexity index is 1060. The van der Waals surface area contributed by atoms with E-state index in [2.05, 4.69) is 11.4 Å². The quantitative estimate of drug-likeness (QED) is 0.772. The zero-order valence-electron chi connectivity index (χ0n) is 17.1. The zero-order valence-corrected chi connectivity index (χ0v) is 17.1. The number of anilines is 1. The van der Waals surface area contributed by atoms with E-state index in [9.17, 15) is 19.6 Å². The monoisotopic (exact) mass is 418 g/mol. The number of ether oxygens (including phenoxy) is 1. The van der Waals surface area contributed by atoms with Crippen LogP contribution in [0.2, 0.25) is 0 Å². The number of likely N-dealkylation sites (tertiary alicyclic amines) is 1. The van der Waals surface area contributed by atoms with Gasteiger partial charge in [-0.15, -0.1) is 0 Å². The van der Waals surface area contributed by atoms with Crippen LogP contribution in [-0.2, 0) is 16.1 Å². The minimum Gasteiger partial charge on any atom is -0.445 e. The number of imide groups is 1. The van der Waals surface area contributed by atoms with Crippen LogP contribution in [0, 0.1) is 11.3 Å². The third-order valence-corrected chi connectivity index (χ3v) is 5.88. The van der Waals surface area contributed by atoms with E-state index < -0.39 is 17.7 Å². The largest absolute Gasteiger partial charge is 0.445 e. The number of rotatable bonds is 3. The molecule has 158 valence electrons. The molecular formula is C23H22N4O4. The van der Waals surface area contributed by atoms with Crippen molar-refractivity contribution in [3.05, 3.63) is 65.7 Å². The lowest BCUT2D eigenvalue weighted by Crippen LogP contribution is -2.60. The highest BCUT2D eigenvalue weighted by Crippen LogP contribution is 2.39. The van der Waals surface area contributed by atoms with Crippen LogP contribution in [0.15, 0.2) is 54.6 Å². The summed E-state index contributed by atoms with van der Waals surface area (Å²) in [5, 5.41) is 11.6. The van der Waals surface area contributed by atoms with E-state index in [1.807, 2.05) is 37.3 Å². The van der Waals surface area contributed by atoms with Crippen LogP contribution in [0.4, 0.5) is 15.3 Å². The lowest BCUT2D eigenvalue weighted by atomic mass is 9.82. The first-order valence-corrected chi connectivity index (χ1v) is 10.1. The van der Waals surface area contributed by atoms with Crippen LogP contribution in [0.1, 0.15) is 30.9 Å². The van der Waals surface area contributed by atoms with Gasteiger partial charge in [0, 0.05) is 24.7 Å². The number of benzene rings is 2. The van der Waals surface area contributed by atoms with E-state index >= 15 is 0 Å². The normalized spacial score (nSPS) is 22.9. The van der Waals surface area contributed by atoms with Gasteiger partial charge in [0.05, 0.1) is 11.6 Å². The molecule has 2 saturated heterocycles. The summed E-state index contributed by atoms with van der Waals surface area (Å²) < 4.78 is 5.45. The summed E-state index contributed by atoms with van der Waals surface area (Å²) in [6, 6.07) is 17.2. The molecule has 8 nitrogen and oxygen atoms in total. The maximum Gasteiger partial charge on any atom is 0.410 e. The minimum atomic E-state index is -1.11. The summed E-state index contributed by atoms with van der Waals surface area (Å²) in [6.07, 6.45) is 0.0856. The first kappa shape index (κ1) is 20.4. The maximum absolute atomic E-state index is 12.9. The smallest absolute Gasteiger partial charge is 0.410 e. The SMILES string of the molecule is C[C@H]1C[C@]2(CCN1C(=O)OCc1ccccc1)C(=O)NC(=O)N2c1cccc(C#N)c1. The van der Waals surface area contributed by atoms with E-state index in [0.29, 0.717) is 11.3 Å². The molecule has 2 aliphatic heterocycles. The van der Waals surface area contributed by atoms with Gasteiger partial charge < -0.3 is 9.64 Å². The number of hydrogen-bond donors (Lipinski definition) is 1. The van der Waals surface area contributed by atoms with Gasteiger partial charge in [-0.3, -0.25) is 15.0 Å². The number of nitrogens with zero attached hydrogens (tertiary/aromatic N) is 3. The Kier molecular flexibility index (Phi) is 5.34. The minimum absolute atomic E-state index is 0.167. The van der Waals surface area contributed by atoms with Crippen molar-refractivity contribution < 1.29 is 19.1 Å². The van der Waals surface area contributed by atoms with Gasteiger partial charge in [0.2, 0.25) is 0 Å². The molecule has 2 aromatic carbocycles. The summed E-state index contributed by atoms with van der Waals surface area (Å²) in [7, 11) is 0. The van der Waals surface area contributed by atoms with Gasteiger partial charge in [0.1, 0.15) is 12.1 Å². The van der Waals surface area contributed by atoms with Gasteiger partial charge in [-0.2, -0.15) is 5.26 Å². The number of piperidine rings is 1. The van der Waals surface area contributed by atoms with E-state index in [1.165, 1.54) is 4.90 Å². The summed E-state index contributed by atoms with van der Waals surface area (Å²) in [5.41, 5.74) is 0.659. The Labute approximate surface area is 180 Å². The van der Waals surface area contributed by atoms with Crippen molar-refractivity contribution in [1.82, 2.24) is 10.2 Å². The second-order valence-electron chi connectivity index (χ2n) is 7.83. The highest BCUT2D eigenvalue weighted by atomic mass is 16.6.